The van der Waals surface area contributed by atoms with E-state index in [1.165, 1.54) is 0 Å². The van der Waals surface area contributed by atoms with Crippen molar-refractivity contribution in [2.45, 2.75) is 12.8 Å². The minimum absolute atomic E-state index is 0. The van der Waals surface area contributed by atoms with E-state index < -0.39 is 0 Å². The highest BCUT2D eigenvalue weighted by Gasteiger charge is 2.09. The molecule has 0 fully saturated rings. The van der Waals surface area contributed by atoms with E-state index in [1.54, 1.807) is 6.20 Å². The lowest BCUT2D eigenvalue weighted by Gasteiger charge is -2.15. The first-order valence-electron chi connectivity index (χ1n) is 3.82. The van der Waals surface area contributed by atoms with Gasteiger partial charge in [0.15, 0.2) is 0 Å². The molecule has 0 atom stereocenters. The Hall–Kier alpha value is -0.960. The van der Waals surface area contributed by atoms with Gasteiger partial charge in [0.1, 0.15) is 5.69 Å². The summed E-state index contributed by atoms with van der Waals surface area (Å²) in [5.41, 5.74) is 1.90. The van der Waals surface area contributed by atoms with Gasteiger partial charge in [0.2, 0.25) is 0 Å². The molecule has 2 heterocycles. The SMILES string of the molecule is Cl.O=c1[nH]ccc2c1NCCC2. The van der Waals surface area contributed by atoms with Gasteiger partial charge in [-0.3, -0.25) is 4.79 Å². The van der Waals surface area contributed by atoms with E-state index >= 15 is 0 Å². The number of pyridine rings is 1. The number of fused-ring (bicyclic) bond motifs is 1. The highest BCUT2D eigenvalue weighted by Crippen LogP contribution is 2.15. The molecule has 4 heteroatoms. The summed E-state index contributed by atoms with van der Waals surface area (Å²) in [6.45, 7) is 0.917. The number of hydrogen-bond donors (Lipinski definition) is 2. The zero-order chi connectivity index (χ0) is 7.68. The first kappa shape index (κ1) is 9.13. The maximum atomic E-state index is 11.1. The number of hydrogen-bond acceptors (Lipinski definition) is 2. The standard InChI is InChI=1S/C8H10N2O.ClH/c11-8-7-6(3-5-10-8)2-1-4-9-7;/h3,5,9H,1-2,4H2,(H,10,11);1H. The minimum atomic E-state index is 0. The fourth-order valence-electron chi connectivity index (χ4n) is 1.41. The largest absolute Gasteiger partial charge is 0.380 e. The van der Waals surface area contributed by atoms with Crippen LogP contribution in [-0.2, 0) is 6.42 Å². The van der Waals surface area contributed by atoms with Gasteiger partial charge in [-0.05, 0) is 24.5 Å². The fraction of sp³-hybridized carbons (Fsp3) is 0.375. The van der Waals surface area contributed by atoms with Crippen molar-refractivity contribution in [3.63, 3.8) is 0 Å². The molecule has 0 unspecified atom stereocenters. The summed E-state index contributed by atoms with van der Waals surface area (Å²) in [7, 11) is 0. The molecule has 2 rings (SSSR count). The number of rotatable bonds is 0. The van der Waals surface area contributed by atoms with Crippen molar-refractivity contribution in [3.05, 3.63) is 28.2 Å². The highest BCUT2D eigenvalue weighted by atomic mass is 35.5. The van der Waals surface area contributed by atoms with Gasteiger partial charge < -0.3 is 10.3 Å². The third-order valence-electron chi connectivity index (χ3n) is 1.97. The second kappa shape index (κ2) is 3.63. The van der Waals surface area contributed by atoms with Gasteiger partial charge in [0.25, 0.3) is 5.56 Å². The molecule has 0 radical (unpaired) electrons. The summed E-state index contributed by atoms with van der Waals surface area (Å²) in [5, 5.41) is 3.09. The van der Waals surface area contributed by atoms with E-state index in [2.05, 4.69) is 10.3 Å². The molecule has 1 aromatic heterocycles. The first-order valence-corrected chi connectivity index (χ1v) is 3.82. The number of nitrogens with one attached hydrogen (secondary N) is 2. The van der Waals surface area contributed by atoms with Gasteiger partial charge in [-0.25, -0.2) is 0 Å². The molecule has 1 aliphatic heterocycles. The van der Waals surface area contributed by atoms with Gasteiger partial charge in [0.05, 0.1) is 0 Å². The molecule has 12 heavy (non-hydrogen) atoms. The van der Waals surface area contributed by atoms with Crippen LogP contribution in [-0.4, -0.2) is 11.5 Å². The van der Waals surface area contributed by atoms with Gasteiger partial charge in [0, 0.05) is 12.7 Å². The Kier molecular flexibility index (Phi) is 2.76. The normalized spacial score (nSPS) is 14.0. The molecular formula is C8H11ClN2O. The van der Waals surface area contributed by atoms with Gasteiger partial charge >= 0.3 is 0 Å². The molecule has 0 aliphatic carbocycles. The van der Waals surface area contributed by atoms with Crippen LogP contribution in [0.5, 0.6) is 0 Å². The van der Waals surface area contributed by atoms with Crippen LogP contribution in [0, 0.1) is 0 Å². The number of halogens is 1. The number of aryl methyl sites for hydroxylation is 1. The lowest BCUT2D eigenvalue weighted by Crippen LogP contribution is -2.21. The Labute approximate surface area is 76.6 Å². The van der Waals surface area contributed by atoms with E-state index in [9.17, 15) is 4.79 Å². The quantitative estimate of drug-likeness (QED) is 0.639. The summed E-state index contributed by atoms with van der Waals surface area (Å²) >= 11 is 0. The topological polar surface area (TPSA) is 44.9 Å². The van der Waals surface area contributed by atoms with Crippen LogP contribution in [0.2, 0.25) is 0 Å². The number of H-pyrrole nitrogens is 1. The molecule has 0 amide bonds. The summed E-state index contributed by atoms with van der Waals surface area (Å²) in [5.74, 6) is 0. The Morgan fingerprint density at radius 3 is 3.00 bits per heavy atom. The minimum Gasteiger partial charge on any atom is -0.380 e. The van der Waals surface area contributed by atoms with Crippen LogP contribution in [0.25, 0.3) is 0 Å². The van der Waals surface area contributed by atoms with E-state index in [1.807, 2.05) is 6.07 Å². The Balaban J connectivity index is 0.000000720. The van der Waals surface area contributed by atoms with Crippen LogP contribution in [0.15, 0.2) is 17.1 Å². The smallest absolute Gasteiger partial charge is 0.271 e. The van der Waals surface area contributed by atoms with Crippen molar-refractivity contribution in [1.82, 2.24) is 4.98 Å². The molecule has 0 aromatic carbocycles. The molecule has 0 saturated carbocycles. The predicted octanol–water partition coefficient (Wildman–Crippen LogP) is 1.15. The maximum absolute atomic E-state index is 11.1. The van der Waals surface area contributed by atoms with E-state index in [0.29, 0.717) is 0 Å². The predicted molar refractivity (Wildman–Crippen MR) is 51.1 cm³/mol. The van der Waals surface area contributed by atoms with Crippen molar-refractivity contribution >= 4 is 18.1 Å². The lowest BCUT2D eigenvalue weighted by atomic mass is 10.1. The summed E-state index contributed by atoms with van der Waals surface area (Å²) < 4.78 is 0. The van der Waals surface area contributed by atoms with Crippen molar-refractivity contribution < 1.29 is 0 Å². The van der Waals surface area contributed by atoms with Crippen LogP contribution in [0.4, 0.5) is 5.69 Å². The molecule has 1 aliphatic rings. The zero-order valence-corrected chi connectivity index (χ0v) is 7.41. The lowest BCUT2D eigenvalue weighted by molar-refractivity contribution is 0.822. The van der Waals surface area contributed by atoms with E-state index in [-0.39, 0.29) is 18.0 Å². The zero-order valence-electron chi connectivity index (χ0n) is 6.59. The number of aromatic amines is 1. The number of anilines is 1. The molecule has 0 spiro atoms. The fourth-order valence-corrected chi connectivity index (χ4v) is 1.41. The molecule has 1 aromatic rings. The van der Waals surface area contributed by atoms with Crippen LogP contribution >= 0.6 is 12.4 Å². The van der Waals surface area contributed by atoms with E-state index in [0.717, 1.165) is 30.6 Å². The van der Waals surface area contributed by atoms with E-state index in [4.69, 9.17) is 0 Å². The van der Waals surface area contributed by atoms with Gasteiger partial charge in [-0.15, -0.1) is 12.4 Å². The summed E-state index contributed by atoms with van der Waals surface area (Å²) in [6, 6.07) is 1.96. The van der Waals surface area contributed by atoms with Crippen molar-refractivity contribution in [1.29, 1.82) is 0 Å². The third kappa shape index (κ3) is 1.46. The van der Waals surface area contributed by atoms with Crippen molar-refractivity contribution in [2.24, 2.45) is 0 Å². The number of aromatic nitrogens is 1. The van der Waals surface area contributed by atoms with Crippen LogP contribution in [0.1, 0.15) is 12.0 Å². The van der Waals surface area contributed by atoms with Gasteiger partial charge in [-0.1, -0.05) is 0 Å². The summed E-state index contributed by atoms with van der Waals surface area (Å²) in [6.07, 6.45) is 3.84. The molecule has 66 valence electrons. The van der Waals surface area contributed by atoms with Crippen molar-refractivity contribution in [3.8, 4) is 0 Å². The molecule has 3 nitrogen and oxygen atoms in total. The Morgan fingerprint density at radius 2 is 2.25 bits per heavy atom. The second-order valence-corrected chi connectivity index (χ2v) is 2.74. The summed E-state index contributed by atoms with van der Waals surface area (Å²) in [4.78, 5) is 13.8. The van der Waals surface area contributed by atoms with Gasteiger partial charge in [-0.2, -0.15) is 0 Å². The molecule has 2 N–H and O–H groups in total. The average molecular weight is 187 g/mol. The maximum Gasteiger partial charge on any atom is 0.271 e. The average Bonchev–Trinajstić information content (AvgIpc) is 2.06. The Morgan fingerprint density at radius 1 is 1.42 bits per heavy atom. The second-order valence-electron chi connectivity index (χ2n) is 2.74. The third-order valence-corrected chi connectivity index (χ3v) is 1.97. The van der Waals surface area contributed by atoms with Crippen molar-refractivity contribution in [2.75, 3.05) is 11.9 Å². The molecule has 0 saturated heterocycles. The molecular weight excluding hydrogens is 176 g/mol. The first-order chi connectivity index (χ1) is 5.38. The van der Waals surface area contributed by atoms with Crippen LogP contribution < -0.4 is 10.9 Å². The highest BCUT2D eigenvalue weighted by molar-refractivity contribution is 5.85. The van der Waals surface area contributed by atoms with Crippen LogP contribution in [0.3, 0.4) is 0 Å². The monoisotopic (exact) mass is 186 g/mol. The Bertz CT molecular complexity index is 321. The molecule has 0 bridgehead atoms.